The molecule has 0 spiro atoms. The van der Waals surface area contributed by atoms with Crippen molar-refractivity contribution in [2.24, 2.45) is 23.7 Å². The van der Waals surface area contributed by atoms with E-state index in [0.717, 1.165) is 23.3 Å². The van der Waals surface area contributed by atoms with Gasteiger partial charge in [0.05, 0.1) is 17.5 Å². The van der Waals surface area contributed by atoms with Gasteiger partial charge in [-0.25, -0.2) is 0 Å². The molecule has 2 bridgehead atoms. The fourth-order valence-corrected chi connectivity index (χ4v) is 5.15. The minimum atomic E-state index is -0.172. The van der Waals surface area contributed by atoms with Crippen LogP contribution in [0.4, 0.5) is 5.69 Å². The van der Waals surface area contributed by atoms with Gasteiger partial charge in [0.1, 0.15) is 11.5 Å². The van der Waals surface area contributed by atoms with Crippen LogP contribution in [0.5, 0.6) is 11.5 Å². The molecule has 2 aromatic carbocycles. The molecular weight excluding hydrogens is 362 g/mol. The molecule has 4 heteroatoms. The van der Waals surface area contributed by atoms with E-state index in [2.05, 4.69) is 38.1 Å². The first-order chi connectivity index (χ1) is 13.9. The third-order valence-electron chi connectivity index (χ3n) is 6.58. The Kier molecular flexibility index (Phi) is 4.12. The van der Waals surface area contributed by atoms with Crippen molar-refractivity contribution in [3.63, 3.8) is 0 Å². The summed E-state index contributed by atoms with van der Waals surface area (Å²) in [6, 6.07) is 13.5. The molecular formula is C25H25NO3. The van der Waals surface area contributed by atoms with E-state index in [4.69, 9.17) is 4.74 Å². The predicted octanol–water partition coefficient (Wildman–Crippen LogP) is 5.22. The van der Waals surface area contributed by atoms with Crippen molar-refractivity contribution in [3.05, 3.63) is 65.7 Å². The maximum Gasteiger partial charge on any atom is 0.238 e. The highest BCUT2D eigenvalue weighted by molar-refractivity contribution is 6.22. The van der Waals surface area contributed by atoms with Crippen LogP contribution in [-0.2, 0) is 9.59 Å². The molecule has 2 aromatic rings. The van der Waals surface area contributed by atoms with E-state index in [1.165, 1.54) is 4.90 Å². The summed E-state index contributed by atoms with van der Waals surface area (Å²) < 4.78 is 6.14. The highest BCUT2D eigenvalue weighted by Gasteiger charge is 2.59. The zero-order valence-electron chi connectivity index (χ0n) is 17.0. The lowest BCUT2D eigenvalue weighted by Gasteiger charge is -2.18. The minimum Gasteiger partial charge on any atom is -0.457 e. The van der Waals surface area contributed by atoms with Gasteiger partial charge < -0.3 is 4.74 Å². The monoisotopic (exact) mass is 387 g/mol. The van der Waals surface area contributed by atoms with Crippen molar-refractivity contribution in [2.75, 3.05) is 4.90 Å². The molecule has 1 saturated heterocycles. The van der Waals surface area contributed by atoms with E-state index in [0.29, 0.717) is 17.4 Å². The van der Waals surface area contributed by atoms with Gasteiger partial charge in [-0.15, -0.1) is 0 Å². The quantitative estimate of drug-likeness (QED) is 0.534. The van der Waals surface area contributed by atoms with Crippen molar-refractivity contribution < 1.29 is 14.3 Å². The standard InChI is InChI=1S/C25H25NO3/c1-14(2)20-11-4-15(3)12-21(20)29-19-9-7-18(8-10-19)26-24(27)22-16-5-6-17(13-16)23(22)25(26)28/h4-12,14,16-17,22-23H,13H2,1-3H3/t16-,17+,22+,23-. The minimum absolute atomic E-state index is 0.0497. The Balaban J connectivity index is 1.39. The lowest BCUT2D eigenvalue weighted by atomic mass is 9.85. The van der Waals surface area contributed by atoms with E-state index >= 15 is 0 Å². The number of fused-ring (bicyclic) bond motifs is 5. The Morgan fingerprint density at radius 1 is 0.931 bits per heavy atom. The Labute approximate surface area is 171 Å². The topological polar surface area (TPSA) is 46.6 Å². The van der Waals surface area contributed by atoms with Crippen molar-refractivity contribution in [2.45, 2.75) is 33.1 Å². The van der Waals surface area contributed by atoms with Crippen LogP contribution in [-0.4, -0.2) is 11.8 Å². The van der Waals surface area contributed by atoms with Crippen molar-refractivity contribution >= 4 is 17.5 Å². The fraction of sp³-hybridized carbons (Fsp3) is 0.360. The first kappa shape index (κ1) is 18.2. The van der Waals surface area contributed by atoms with Crippen LogP contribution in [0.1, 0.15) is 37.3 Å². The Hall–Kier alpha value is -2.88. The summed E-state index contributed by atoms with van der Waals surface area (Å²) in [6.07, 6.45) is 5.18. The largest absolute Gasteiger partial charge is 0.457 e. The second-order valence-electron chi connectivity index (χ2n) is 8.80. The van der Waals surface area contributed by atoms with Crippen molar-refractivity contribution in [3.8, 4) is 11.5 Å². The molecule has 1 aliphatic heterocycles. The normalized spacial score (nSPS) is 27.2. The third kappa shape index (κ3) is 2.81. The van der Waals surface area contributed by atoms with E-state index in [9.17, 15) is 9.59 Å². The molecule has 0 radical (unpaired) electrons. The van der Waals surface area contributed by atoms with Gasteiger partial charge in [0, 0.05) is 0 Å². The van der Waals surface area contributed by atoms with E-state index in [-0.39, 0.29) is 35.5 Å². The van der Waals surface area contributed by atoms with Gasteiger partial charge in [-0.1, -0.05) is 38.1 Å². The van der Waals surface area contributed by atoms with Gasteiger partial charge in [0.15, 0.2) is 0 Å². The zero-order chi connectivity index (χ0) is 20.3. The number of aryl methyl sites for hydroxylation is 1. The third-order valence-corrected chi connectivity index (χ3v) is 6.58. The van der Waals surface area contributed by atoms with E-state index in [1.807, 2.05) is 37.3 Å². The average molecular weight is 387 g/mol. The van der Waals surface area contributed by atoms with E-state index in [1.54, 1.807) is 0 Å². The molecule has 0 N–H and O–H groups in total. The number of carbonyl (C=O) groups excluding carboxylic acids is 2. The van der Waals surface area contributed by atoms with Crippen LogP contribution in [0, 0.1) is 30.6 Å². The summed E-state index contributed by atoms with van der Waals surface area (Å²) >= 11 is 0. The first-order valence-electron chi connectivity index (χ1n) is 10.4. The van der Waals surface area contributed by atoms with Crippen molar-refractivity contribution in [1.29, 1.82) is 0 Å². The van der Waals surface area contributed by atoms with Gasteiger partial charge in [-0.05, 0) is 72.6 Å². The summed E-state index contributed by atoms with van der Waals surface area (Å²) in [7, 11) is 0. The maximum absolute atomic E-state index is 13.0. The average Bonchev–Trinajstić information content (AvgIpc) is 3.36. The van der Waals surface area contributed by atoms with Gasteiger partial charge in [0.25, 0.3) is 0 Å². The van der Waals surface area contributed by atoms with Crippen LogP contribution in [0.2, 0.25) is 0 Å². The lowest BCUT2D eigenvalue weighted by molar-refractivity contribution is -0.123. The summed E-state index contributed by atoms with van der Waals surface area (Å²) in [6.45, 7) is 6.33. The second kappa shape index (κ2) is 6.58. The molecule has 2 amide bonds. The highest BCUT2D eigenvalue weighted by Crippen LogP contribution is 2.53. The smallest absolute Gasteiger partial charge is 0.238 e. The molecule has 3 aliphatic rings. The predicted molar refractivity (Wildman–Crippen MR) is 112 cm³/mol. The number of ether oxygens (including phenoxy) is 1. The number of hydrogen-bond acceptors (Lipinski definition) is 3. The number of benzene rings is 2. The van der Waals surface area contributed by atoms with Crippen LogP contribution < -0.4 is 9.64 Å². The number of rotatable bonds is 4. The maximum atomic E-state index is 13.0. The Morgan fingerprint density at radius 2 is 1.55 bits per heavy atom. The summed E-state index contributed by atoms with van der Waals surface area (Å²) in [5.41, 5.74) is 2.93. The van der Waals surface area contributed by atoms with Crippen LogP contribution in [0.3, 0.4) is 0 Å². The lowest BCUT2D eigenvalue weighted by Crippen LogP contribution is -2.32. The van der Waals surface area contributed by atoms with Crippen LogP contribution in [0.25, 0.3) is 0 Å². The van der Waals surface area contributed by atoms with Gasteiger partial charge >= 0.3 is 0 Å². The molecule has 0 unspecified atom stereocenters. The summed E-state index contributed by atoms with van der Waals surface area (Å²) in [5.74, 6) is 1.91. The van der Waals surface area contributed by atoms with Crippen LogP contribution in [0.15, 0.2) is 54.6 Å². The number of carbonyl (C=O) groups is 2. The number of nitrogens with zero attached hydrogens (tertiary/aromatic N) is 1. The van der Waals surface area contributed by atoms with Gasteiger partial charge in [-0.3, -0.25) is 14.5 Å². The molecule has 4 nitrogen and oxygen atoms in total. The molecule has 1 saturated carbocycles. The highest BCUT2D eigenvalue weighted by atomic mass is 16.5. The number of amides is 2. The number of imide groups is 1. The first-order valence-corrected chi connectivity index (χ1v) is 10.4. The van der Waals surface area contributed by atoms with E-state index < -0.39 is 0 Å². The zero-order valence-corrected chi connectivity index (χ0v) is 17.0. The molecule has 0 aromatic heterocycles. The summed E-state index contributed by atoms with van der Waals surface area (Å²) in [5, 5.41) is 0. The number of allylic oxidation sites excluding steroid dienone is 2. The second-order valence-corrected chi connectivity index (χ2v) is 8.80. The SMILES string of the molecule is Cc1ccc(C(C)C)c(Oc2ccc(N3C(=O)[C@@H]4[C@H](C3=O)[C@H]3C=C[C@@H]4C3)cc2)c1. The summed E-state index contributed by atoms with van der Waals surface area (Å²) in [4.78, 5) is 27.3. The molecule has 2 fully saturated rings. The molecule has 5 rings (SSSR count). The number of anilines is 1. The Bertz CT molecular complexity index is 991. The molecule has 2 aliphatic carbocycles. The van der Waals surface area contributed by atoms with Crippen molar-refractivity contribution in [1.82, 2.24) is 0 Å². The van der Waals surface area contributed by atoms with Gasteiger partial charge in [-0.2, -0.15) is 0 Å². The van der Waals surface area contributed by atoms with Crippen LogP contribution >= 0.6 is 0 Å². The van der Waals surface area contributed by atoms with Gasteiger partial charge in [0.2, 0.25) is 11.8 Å². The molecule has 1 heterocycles. The molecule has 148 valence electrons. The Morgan fingerprint density at radius 3 is 2.14 bits per heavy atom. The number of hydrogen-bond donors (Lipinski definition) is 0. The fourth-order valence-electron chi connectivity index (χ4n) is 5.15. The molecule has 4 atom stereocenters. The molecule has 29 heavy (non-hydrogen) atoms.